The second-order valence-electron chi connectivity index (χ2n) is 4.96. The van der Waals surface area contributed by atoms with E-state index < -0.39 is 24.1 Å². The van der Waals surface area contributed by atoms with Crippen molar-refractivity contribution in [3.63, 3.8) is 0 Å². The molecule has 7 heteroatoms. The number of carbonyl (C=O) groups excluding carboxylic acids is 1. The van der Waals surface area contributed by atoms with Crippen LogP contribution in [0.15, 0.2) is 0 Å². The normalized spacial score (nSPS) is 28.2. The quantitative estimate of drug-likeness (QED) is 0.620. The van der Waals surface area contributed by atoms with Crippen LogP contribution in [-0.2, 0) is 14.3 Å². The molecular weight excluding hydrogens is 263 g/mol. The first kappa shape index (κ1) is 16.2. The molecule has 0 aromatic carbocycles. The first-order valence-corrected chi connectivity index (χ1v) is 6.32. The fourth-order valence-corrected chi connectivity index (χ4v) is 2.31. The lowest BCUT2D eigenvalue weighted by Crippen LogP contribution is -2.53. The van der Waals surface area contributed by atoms with Gasteiger partial charge in [-0.1, -0.05) is 0 Å². The van der Waals surface area contributed by atoms with E-state index in [1.807, 2.05) is 0 Å². The van der Waals surface area contributed by atoms with Crippen LogP contribution in [0.1, 0.15) is 38.5 Å². The fraction of sp³-hybridized carbons (Fsp3) is 0.917. The summed E-state index contributed by atoms with van der Waals surface area (Å²) in [7, 11) is 1.27. The molecule has 112 valence electrons. The second kappa shape index (κ2) is 6.56. The van der Waals surface area contributed by atoms with E-state index in [-0.39, 0.29) is 19.1 Å². The van der Waals surface area contributed by atoms with Gasteiger partial charge in [0.15, 0.2) is 0 Å². The van der Waals surface area contributed by atoms with Gasteiger partial charge in [0.2, 0.25) is 0 Å². The zero-order valence-electron chi connectivity index (χ0n) is 11.0. The van der Waals surface area contributed by atoms with Crippen molar-refractivity contribution in [3.8, 4) is 0 Å². The third-order valence-electron chi connectivity index (χ3n) is 3.29. The minimum Gasteiger partial charge on any atom is -0.468 e. The summed E-state index contributed by atoms with van der Waals surface area (Å²) in [6, 6.07) is 0. The first-order valence-electron chi connectivity index (χ1n) is 6.32. The van der Waals surface area contributed by atoms with Gasteiger partial charge in [-0.3, -0.25) is 4.79 Å². The Morgan fingerprint density at radius 1 is 1.47 bits per heavy atom. The molecule has 2 unspecified atom stereocenters. The van der Waals surface area contributed by atoms with Crippen molar-refractivity contribution in [2.24, 2.45) is 5.73 Å². The summed E-state index contributed by atoms with van der Waals surface area (Å²) in [6.07, 6.45) is -3.13. The van der Waals surface area contributed by atoms with E-state index in [0.717, 1.165) is 0 Å². The van der Waals surface area contributed by atoms with Crippen LogP contribution in [0.3, 0.4) is 0 Å². The van der Waals surface area contributed by atoms with E-state index in [0.29, 0.717) is 25.7 Å². The zero-order chi connectivity index (χ0) is 14.5. The highest BCUT2D eigenvalue weighted by molar-refractivity contribution is 5.80. The molecular formula is C12H20F3NO3. The van der Waals surface area contributed by atoms with E-state index in [9.17, 15) is 18.0 Å². The van der Waals surface area contributed by atoms with Crippen LogP contribution in [0.5, 0.6) is 0 Å². The Bertz CT molecular complexity index is 309. The van der Waals surface area contributed by atoms with Gasteiger partial charge in [0, 0.05) is 19.4 Å². The number of alkyl halides is 3. The molecule has 0 amide bonds. The van der Waals surface area contributed by atoms with E-state index in [2.05, 4.69) is 4.74 Å². The molecule has 0 spiro atoms. The van der Waals surface area contributed by atoms with Gasteiger partial charge in [-0.05, 0) is 25.7 Å². The third-order valence-corrected chi connectivity index (χ3v) is 3.29. The van der Waals surface area contributed by atoms with Crippen molar-refractivity contribution in [2.75, 3.05) is 13.7 Å². The van der Waals surface area contributed by atoms with Crippen LogP contribution in [0.4, 0.5) is 13.2 Å². The van der Waals surface area contributed by atoms with Crippen LogP contribution in [0.25, 0.3) is 0 Å². The molecule has 19 heavy (non-hydrogen) atoms. The molecule has 0 heterocycles. The van der Waals surface area contributed by atoms with Crippen molar-refractivity contribution < 1.29 is 27.4 Å². The topological polar surface area (TPSA) is 61.5 Å². The SMILES string of the molecule is COC(=O)C1(N)CCCC(OCCCC(F)(F)F)C1. The first-order chi connectivity index (χ1) is 8.77. The Morgan fingerprint density at radius 3 is 2.74 bits per heavy atom. The van der Waals surface area contributed by atoms with Crippen LogP contribution < -0.4 is 5.73 Å². The van der Waals surface area contributed by atoms with Crippen molar-refractivity contribution in [1.29, 1.82) is 0 Å². The summed E-state index contributed by atoms with van der Waals surface area (Å²) < 4.78 is 45.9. The highest BCUT2D eigenvalue weighted by Crippen LogP contribution is 2.29. The standard InChI is InChI=1S/C12H20F3NO3/c1-18-10(17)11(16)5-2-4-9(8-11)19-7-3-6-12(13,14)15/h9H,2-8,16H2,1H3. The molecule has 2 atom stereocenters. The van der Waals surface area contributed by atoms with E-state index in [4.69, 9.17) is 10.5 Å². The molecule has 1 rings (SSSR count). The van der Waals surface area contributed by atoms with Gasteiger partial charge in [0.1, 0.15) is 5.54 Å². The average Bonchev–Trinajstić information content (AvgIpc) is 2.32. The second-order valence-corrected chi connectivity index (χ2v) is 4.96. The largest absolute Gasteiger partial charge is 0.468 e. The third kappa shape index (κ3) is 5.36. The van der Waals surface area contributed by atoms with Crippen molar-refractivity contribution in [3.05, 3.63) is 0 Å². The predicted molar refractivity (Wildman–Crippen MR) is 62.4 cm³/mol. The van der Waals surface area contributed by atoms with Crippen LogP contribution in [0, 0.1) is 0 Å². The van der Waals surface area contributed by atoms with Gasteiger partial charge in [-0.25, -0.2) is 0 Å². The highest BCUT2D eigenvalue weighted by Gasteiger charge is 2.40. The Hall–Kier alpha value is -0.820. The summed E-state index contributed by atoms with van der Waals surface area (Å²) in [5, 5.41) is 0. The Labute approximate surface area is 110 Å². The molecule has 4 nitrogen and oxygen atoms in total. The minimum atomic E-state index is -4.15. The lowest BCUT2D eigenvalue weighted by atomic mass is 9.81. The predicted octanol–water partition coefficient (Wildman–Crippen LogP) is 2.16. The molecule has 1 aliphatic rings. The van der Waals surface area contributed by atoms with Gasteiger partial charge in [0.25, 0.3) is 0 Å². The molecule has 0 bridgehead atoms. The number of ether oxygens (including phenoxy) is 2. The smallest absolute Gasteiger partial charge is 0.389 e. The van der Waals surface area contributed by atoms with Gasteiger partial charge < -0.3 is 15.2 Å². The number of carbonyl (C=O) groups is 1. The Kier molecular flexibility index (Phi) is 5.61. The maximum atomic E-state index is 12.0. The molecule has 0 aliphatic heterocycles. The number of hydrogen-bond donors (Lipinski definition) is 1. The number of nitrogens with two attached hydrogens (primary N) is 1. The molecule has 2 N–H and O–H groups in total. The summed E-state index contributed by atoms with van der Waals surface area (Å²) in [4.78, 5) is 11.5. The molecule has 0 aromatic rings. The molecule has 1 saturated carbocycles. The van der Waals surface area contributed by atoms with Crippen LogP contribution in [0.2, 0.25) is 0 Å². The molecule has 0 aromatic heterocycles. The Balaban J connectivity index is 2.33. The zero-order valence-corrected chi connectivity index (χ0v) is 11.0. The molecule has 0 radical (unpaired) electrons. The number of hydrogen-bond acceptors (Lipinski definition) is 4. The summed E-state index contributed by atoms with van der Waals surface area (Å²) >= 11 is 0. The van der Waals surface area contributed by atoms with E-state index in [1.165, 1.54) is 7.11 Å². The molecule has 1 aliphatic carbocycles. The van der Waals surface area contributed by atoms with Crippen molar-refractivity contribution >= 4 is 5.97 Å². The summed E-state index contributed by atoms with van der Waals surface area (Å²) in [5.74, 6) is -0.490. The van der Waals surface area contributed by atoms with Gasteiger partial charge in [0.05, 0.1) is 13.2 Å². The number of halogens is 3. The van der Waals surface area contributed by atoms with E-state index >= 15 is 0 Å². The maximum absolute atomic E-state index is 12.0. The van der Waals surface area contributed by atoms with Crippen LogP contribution in [-0.4, -0.2) is 37.5 Å². The van der Waals surface area contributed by atoms with E-state index in [1.54, 1.807) is 0 Å². The highest BCUT2D eigenvalue weighted by atomic mass is 19.4. The lowest BCUT2D eigenvalue weighted by Gasteiger charge is -2.35. The van der Waals surface area contributed by atoms with Gasteiger partial charge in [-0.15, -0.1) is 0 Å². The van der Waals surface area contributed by atoms with Crippen LogP contribution >= 0.6 is 0 Å². The minimum absolute atomic E-state index is 0.0292. The van der Waals surface area contributed by atoms with Gasteiger partial charge in [-0.2, -0.15) is 13.2 Å². The number of esters is 1. The maximum Gasteiger partial charge on any atom is 0.389 e. The monoisotopic (exact) mass is 283 g/mol. The number of methoxy groups -OCH3 is 1. The number of rotatable bonds is 5. The lowest BCUT2D eigenvalue weighted by molar-refractivity contribution is -0.151. The molecule has 0 saturated heterocycles. The summed E-state index contributed by atoms with van der Waals surface area (Å²) in [5.41, 5.74) is 4.87. The average molecular weight is 283 g/mol. The van der Waals surface area contributed by atoms with Crippen molar-refractivity contribution in [2.45, 2.75) is 56.3 Å². The molecule has 1 fully saturated rings. The van der Waals surface area contributed by atoms with Crippen molar-refractivity contribution in [1.82, 2.24) is 0 Å². The summed E-state index contributed by atoms with van der Waals surface area (Å²) in [6.45, 7) is 0.0292. The van der Waals surface area contributed by atoms with Gasteiger partial charge >= 0.3 is 12.1 Å². The Morgan fingerprint density at radius 2 is 2.16 bits per heavy atom. The fourth-order valence-electron chi connectivity index (χ4n) is 2.31.